The Kier molecular flexibility index (Phi) is 3.10. The molecule has 0 aromatic carbocycles. The predicted molar refractivity (Wildman–Crippen MR) is 57.5 cm³/mol. The predicted octanol–water partition coefficient (Wildman–Crippen LogP) is 0.849. The van der Waals surface area contributed by atoms with Gasteiger partial charge >= 0.3 is 0 Å². The molecule has 2 saturated heterocycles. The lowest BCUT2D eigenvalue weighted by Crippen LogP contribution is -2.49. The van der Waals surface area contributed by atoms with Gasteiger partial charge in [0, 0.05) is 37.9 Å². The third-order valence-corrected chi connectivity index (χ3v) is 3.93. The second-order valence-corrected chi connectivity index (χ2v) is 4.83. The van der Waals surface area contributed by atoms with E-state index in [4.69, 9.17) is 4.74 Å². The van der Waals surface area contributed by atoms with Crippen molar-refractivity contribution in [3.63, 3.8) is 0 Å². The summed E-state index contributed by atoms with van der Waals surface area (Å²) >= 11 is 0. The Morgan fingerprint density at radius 1 is 1.36 bits per heavy atom. The zero-order valence-electron chi connectivity index (χ0n) is 9.38. The van der Waals surface area contributed by atoms with E-state index in [2.05, 4.69) is 24.2 Å². The number of rotatable bonds is 2. The summed E-state index contributed by atoms with van der Waals surface area (Å²) in [6.07, 6.45) is 3.69. The second kappa shape index (κ2) is 4.17. The molecule has 3 nitrogen and oxygen atoms in total. The molecule has 2 rings (SSSR count). The first-order valence-corrected chi connectivity index (χ1v) is 5.75. The van der Waals surface area contributed by atoms with Crippen LogP contribution in [-0.2, 0) is 4.74 Å². The summed E-state index contributed by atoms with van der Waals surface area (Å²) in [6.45, 7) is 6.75. The Balaban J connectivity index is 1.93. The van der Waals surface area contributed by atoms with Crippen molar-refractivity contribution < 1.29 is 4.74 Å². The summed E-state index contributed by atoms with van der Waals surface area (Å²) in [5, 5.41) is 3.38. The zero-order valence-corrected chi connectivity index (χ0v) is 9.38. The molecule has 0 aromatic rings. The molecule has 0 saturated carbocycles. The van der Waals surface area contributed by atoms with E-state index in [1.165, 1.54) is 32.4 Å². The van der Waals surface area contributed by atoms with Crippen LogP contribution < -0.4 is 5.32 Å². The van der Waals surface area contributed by atoms with E-state index in [9.17, 15) is 0 Å². The van der Waals surface area contributed by atoms with Crippen molar-refractivity contribution in [1.82, 2.24) is 10.2 Å². The van der Waals surface area contributed by atoms with Gasteiger partial charge in [0.1, 0.15) is 0 Å². The number of hydrogen-bond acceptors (Lipinski definition) is 3. The topological polar surface area (TPSA) is 24.5 Å². The first-order valence-electron chi connectivity index (χ1n) is 5.75. The highest BCUT2D eigenvalue weighted by atomic mass is 16.5. The number of nitrogens with one attached hydrogen (secondary N) is 1. The smallest absolute Gasteiger partial charge is 0.0483 e. The maximum absolute atomic E-state index is 5.44. The van der Waals surface area contributed by atoms with Crippen LogP contribution in [0.3, 0.4) is 0 Å². The van der Waals surface area contributed by atoms with E-state index in [0.29, 0.717) is 11.6 Å². The molecule has 0 spiro atoms. The van der Waals surface area contributed by atoms with Crippen molar-refractivity contribution in [2.45, 2.75) is 37.8 Å². The molecule has 0 aromatic heterocycles. The molecule has 0 aliphatic carbocycles. The van der Waals surface area contributed by atoms with Gasteiger partial charge in [-0.2, -0.15) is 0 Å². The van der Waals surface area contributed by atoms with Crippen molar-refractivity contribution in [2.24, 2.45) is 0 Å². The molecule has 3 heteroatoms. The normalized spacial score (nSPS) is 33.4. The van der Waals surface area contributed by atoms with E-state index in [1.807, 2.05) is 0 Å². The fourth-order valence-electron chi connectivity index (χ4n) is 2.61. The second-order valence-electron chi connectivity index (χ2n) is 4.83. The Labute approximate surface area is 86.8 Å². The number of likely N-dealkylation sites (N-methyl/N-ethyl adjacent to an activating group) is 1. The van der Waals surface area contributed by atoms with Gasteiger partial charge in [-0.05, 0) is 33.2 Å². The minimum absolute atomic E-state index is 0.407. The summed E-state index contributed by atoms with van der Waals surface area (Å²) in [7, 11) is 2.07. The third-order valence-electron chi connectivity index (χ3n) is 3.93. The van der Waals surface area contributed by atoms with Crippen LogP contribution in [0.25, 0.3) is 0 Å². The van der Waals surface area contributed by atoms with Crippen LogP contribution in [0.4, 0.5) is 0 Å². The van der Waals surface area contributed by atoms with E-state index < -0.39 is 0 Å². The van der Waals surface area contributed by atoms with Crippen LogP contribution in [0.15, 0.2) is 0 Å². The molecule has 82 valence electrons. The molecule has 1 unspecified atom stereocenters. The quantitative estimate of drug-likeness (QED) is 0.712. The molecule has 2 heterocycles. The van der Waals surface area contributed by atoms with Crippen LogP contribution in [0.2, 0.25) is 0 Å². The van der Waals surface area contributed by atoms with Gasteiger partial charge in [-0.15, -0.1) is 0 Å². The third kappa shape index (κ3) is 1.95. The average molecular weight is 198 g/mol. The van der Waals surface area contributed by atoms with E-state index in [0.717, 1.165) is 13.2 Å². The molecule has 0 amide bonds. The van der Waals surface area contributed by atoms with Crippen molar-refractivity contribution in [1.29, 1.82) is 0 Å². The van der Waals surface area contributed by atoms with Gasteiger partial charge in [0.2, 0.25) is 0 Å². The minimum atomic E-state index is 0.407. The van der Waals surface area contributed by atoms with Gasteiger partial charge in [0.05, 0.1) is 0 Å². The van der Waals surface area contributed by atoms with Crippen molar-refractivity contribution >= 4 is 0 Å². The van der Waals surface area contributed by atoms with E-state index >= 15 is 0 Å². The molecule has 2 aliphatic rings. The van der Waals surface area contributed by atoms with Crippen molar-refractivity contribution in [3.8, 4) is 0 Å². The summed E-state index contributed by atoms with van der Waals surface area (Å²) in [6, 6.07) is 0.703. The number of ether oxygens (including phenoxy) is 1. The van der Waals surface area contributed by atoms with Crippen LogP contribution in [0.1, 0.15) is 26.2 Å². The minimum Gasteiger partial charge on any atom is -0.381 e. The standard InChI is InChI=1S/C11H22N2O/c1-11(4-7-14-8-5-11)13-6-3-10(9-13)12-2/h10,12H,3-9H2,1-2H3. The molecule has 0 radical (unpaired) electrons. The maximum atomic E-state index is 5.44. The summed E-state index contributed by atoms with van der Waals surface area (Å²) in [5.41, 5.74) is 0.407. The Hall–Kier alpha value is -0.120. The average Bonchev–Trinajstić information content (AvgIpc) is 2.67. The first kappa shape index (κ1) is 10.4. The Morgan fingerprint density at radius 2 is 2.07 bits per heavy atom. The lowest BCUT2D eigenvalue weighted by atomic mass is 9.91. The van der Waals surface area contributed by atoms with Crippen LogP contribution in [0, 0.1) is 0 Å². The summed E-state index contributed by atoms with van der Waals surface area (Å²) in [5.74, 6) is 0. The van der Waals surface area contributed by atoms with Crippen LogP contribution >= 0.6 is 0 Å². The lowest BCUT2D eigenvalue weighted by Gasteiger charge is -2.41. The number of nitrogens with zero attached hydrogens (tertiary/aromatic N) is 1. The van der Waals surface area contributed by atoms with Gasteiger partial charge in [0.25, 0.3) is 0 Å². The maximum Gasteiger partial charge on any atom is 0.0483 e. The van der Waals surface area contributed by atoms with Gasteiger partial charge in [0.15, 0.2) is 0 Å². The van der Waals surface area contributed by atoms with Crippen LogP contribution in [-0.4, -0.2) is 49.8 Å². The molecule has 2 aliphatic heterocycles. The van der Waals surface area contributed by atoms with Crippen molar-refractivity contribution in [2.75, 3.05) is 33.4 Å². The fourth-order valence-corrected chi connectivity index (χ4v) is 2.61. The lowest BCUT2D eigenvalue weighted by molar-refractivity contribution is -0.00959. The summed E-state index contributed by atoms with van der Waals surface area (Å²) in [4.78, 5) is 2.65. The first-order chi connectivity index (χ1) is 6.74. The van der Waals surface area contributed by atoms with Gasteiger partial charge in [-0.1, -0.05) is 0 Å². The molecular formula is C11H22N2O. The SMILES string of the molecule is CNC1CCN(C2(C)CCOCC2)C1. The molecule has 14 heavy (non-hydrogen) atoms. The zero-order chi connectivity index (χ0) is 10.0. The fraction of sp³-hybridized carbons (Fsp3) is 1.00. The molecule has 1 N–H and O–H groups in total. The van der Waals surface area contributed by atoms with E-state index in [1.54, 1.807) is 0 Å². The van der Waals surface area contributed by atoms with Gasteiger partial charge in [-0.3, -0.25) is 4.90 Å². The Bertz CT molecular complexity index is 190. The monoisotopic (exact) mass is 198 g/mol. The molecule has 1 atom stereocenters. The molecular weight excluding hydrogens is 176 g/mol. The highest BCUT2D eigenvalue weighted by molar-refractivity contribution is 4.94. The summed E-state index contributed by atoms with van der Waals surface area (Å²) < 4.78 is 5.44. The number of hydrogen-bond donors (Lipinski definition) is 1. The number of likely N-dealkylation sites (tertiary alicyclic amines) is 1. The molecule has 2 fully saturated rings. The van der Waals surface area contributed by atoms with E-state index in [-0.39, 0.29) is 0 Å². The van der Waals surface area contributed by atoms with Crippen LogP contribution in [0.5, 0.6) is 0 Å². The highest BCUT2D eigenvalue weighted by Gasteiger charge is 2.37. The van der Waals surface area contributed by atoms with Gasteiger partial charge < -0.3 is 10.1 Å². The highest BCUT2D eigenvalue weighted by Crippen LogP contribution is 2.30. The largest absolute Gasteiger partial charge is 0.381 e. The van der Waals surface area contributed by atoms with Crippen molar-refractivity contribution in [3.05, 3.63) is 0 Å². The Morgan fingerprint density at radius 3 is 2.64 bits per heavy atom. The molecule has 0 bridgehead atoms. The van der Waals surface area contributed by atoms with Gasteiger partial charge in [-0.25, -0.2) is 0 Å².